The summed E-state index contributed by atoms with van der Waals surface area (Å²) in [4.78, 5) is 19.3. The molecule has 0 spiro atoms. The predicted octanol–water partition coefficient (Wildman–Crippen LogP) is 11.7. The Kier molecular flexibility index (Phi) is 8.14. The SMILES string of the molecule is CC(C)c1cccc(C(C)C)c1-n1c(-c2[c-]ccc3c2oc2ccccc23)nc2nc3ccccc3nc21.[2H]C([2H])([2H])c1c[c-]c(-c2ccc(C([2H])([2H])[2H])cn2)cc1.[Ir]. The van der Waals surface area contributed by atoms with Crippen LogP contribution in [0.2, 0.25) is 0 Å². The van der Waals surface area contributed by atoms with Crippen LogP contribution in [0.4, 0.5) is 0 Å². The molecule has 0 N–H and O–H groups in total. The molecule has 265 valence electrons. The van der Waals surface area contributed by atoms with E-state index in [2.05, 4.69) is 79.7 Å². The third kappa shape index (κ3) is 6.79. The molecule has 9 rings (SSSR count). The Bertz CT molecular complexity index is 2850. The van der Waals surface area contributed by atoms with Gasteiger partial charge in [0.15, 0.2) is 11.3 Å². The molecule has 0 saturated heterocycles. The van der Waals surface area contributed by atoms with E-state index < -0.39 is 13.7 Å². The van der Waals surface area contributed by atoms with E-state index in [1.54, 1.807) is 12.1 Å². The molecule has 0 aliphatic heterocycles. The van der Waals surface area contributed by atoms with Gasteiger partial charge in [-0.2, -0.15) is 0 Å². The molecule has 5 aromatic carbocycles. The van der Waals surface area contributed by atoms with Crippen molar-refractivity contribution in [3.63, 3.8) is 0 Å². The van der Waals surface area contributed by atoms with E-state index in [-0.39, 0.29) is 31.2 Å². The van der Waals surface area contributed by atoms with Crippen LogP contribution in [0.25, 0.3) is 72.6 Å². The molecule has 9 aromatic rings. The molecule has 4 heterocycles. The Hall–Kier alpha value is -5.49. The van der Waals surface area contributed by atoms with Crippen LogP contribution in [0.15, 0.2) is 120 Å². The van der Waals surface area contributed by atoms with E-state index in [0.29, 0.717) is 28.7 Å². The van der Waals surface area contributed by atoms with Gasteiger partial charge >= 0.3 is 0 Å². The van der Waals surface area contributed by atoms with E-state index in [9.17, 15) is 0 Å². The molecule has 0 saturated carbocycles. The van der Waals surface area contributed by atoms with Crippen LogP contribution in [0, 0.1) is 25.8 Å². The second kappa shape index (κ2) is 14.9. The molecular weight excluding hydrogens is 831 g/mol. The summed E-state index contributed by atoms with van der Waals surface area (Å²) in [6, 6.07) is 40.6. The minimum Gasteiger partial charge on any atom is -0.501 e. The number of para-hydroxylation sites is 4. The van der Waals surface area contributed by atoms with Crippen molar-refractivity contribution in [3.8, 4) is 28.3 Å². The molecule has 4 aromatic heterocycles. The van der Waals surface area contributed by atoms with Gasteiger partial charge in [-0.1, -0.05) is 106 Å². The van der Waals surface area contributed by atoms with E-state index in [0.717, 1.165) is 55.7 Å². The average Bonchev–Trinajstić information content (AvgIpc) is 3.77. The minimum atomic E-state index is -2.18. The number of pyridine rings is 1. The van der Waals surface area contributed by atoms with Gasteiger partial charge < -0.3 is 14.0 Å². The zero-order chi connectivity index (χ0) is 40.9. The van der Waals surface area contributed by atoms with Gasteiger partial charge in [0.25, 0.3) is 0 Å². The van der Waals surface area contributed by atoms with Crippen molar-refractivity contribution in [2.45, 2.75) is 53.2 Å². The number of nitrogens with zero attached hydrogens (tertiary/aromatic N) is 5. The summed E-state index contributed by atoms with van der Waals surface area (Å²) in [6.07, 6.45) is 1.30. The van der Waals surface area contributed by atoms with Crippen LogP contribution < -0.4 is 0 Å². The van der Waals surface area contributed by atoms with Gasteiger partial charge in [-0.15, -0.1) is 53.6 Å². The molecule has 0 fully saturated rings. The van der Waals surface area contributed by atoms with Gasteiger partial charge in [-0.25, -0.2) is 9.97 Å². The van der Waals surface area contributed by atoms with Crippen molar-refractivity contribution in [1.29, 1.82) is 0 Å². The molecular formula is C46H39IrN5O-2. The van der Waals surface area contributed by atoms with Crippen LogP contribution in [-0.2, 0) is 20.1 Å². The first kappa shape index (κ1) is 29.0. The summed E-state index contributed by atoms with van der Waals surface area (Å²) in [5.41, 5.74) is 10.6. The fraction of sp³-hybridized carbons (Fsp3) is 0.174. The molecule has 53 heavy (non-hydrogen) atoms. The first-order valence-corrected chi connectivity index (χ1v) is 17.3. The maximum Gasteiger partial charge on any atom is 0.188 e. The van der Waals surface area contributed by atoms with Crippen molar-refractivity contribution < 1.29 is 32.7 Å². The van der Waals surface area contributed by atoms with Crippen LogP contribution in [0.5, 0.6) is 0 Å². The van der Waals surface area contributed by atoms with Crippen LogP contribution in [0.1, 0.15) is 70.0 Å². The molecule has 1 radical (unpaired) electrons. The number of hydrogen-bond donors (Lipinski definition) is 0. The molecule has 0 bridgehead atoms. The summed E-state index contributed by atoms with van der Waals surface area (Å²) in [5, 5.41) is 2.12. The van der Waals surface area contributed by atoms with Crippen molar-refractivity contribution in [2.24, 2.45) is 0 Å². The van der Waals surface area contributed by atoms with Crippen LogP contribution in [-0.4, -0.2) is 24.5 Å². The monoisotopic (exact) mass is 876 g/mol. The first-order valence-electron chi connectivity index (χ1n) is 20.3. The zero-order valence-electron chi connectivity index (χ0n) is 35.6. The fourth-order valence-corrected chi connectivity index (χ4v) is 6.60. The summed E-state index contributed by atoms with van der Waals surface area (Å²) in [7, 11) is 0. The fourth-order valence-electron chi connectivity index (χ4n) is 6.60. The number of aryl methyl sites for hydroxylation is 2. The Morgan fingerprint density at radius 2 is 1.42 bits per heavy atom. The zero-order valence-corrected chi connectivity index (χ0v) is 32.0. The molecule has 0 atom stereocenters. The first-order chi connectivity index (χ1) is 27.7. The second-order valence-corrected chi connectivity index (χ2v) is 13.3. The minimum absolute atomic E-state index is 0. The quantitative estimate of drug-likeness (QED) is 0.161. The van der Waals surface area contributed by atoms with Gasteiger partial charge in [0.1, 0.15) is 5.58 Å². The second-order valence-electron chi connectivity index (χ2n) is 13.3. The molecule has 0 aliphatic carbocycles. The van der Waals surface area contributed by atoms with E-state index >= 15 is 0 Å². The Morgan fingerprint density at radius 3 is 2.09 bits per heavy atom. The van der Waals surface area contributed by atoms with Crippen molar-refractivity contribution in [3.05, 3.63) is 150 Å². The van der Waals surface area contributed by atoms with Gasteiger partial charge in [-0.3, -0.25) is 4.98 Å². The maximum absolute atomic E-state index is 7.28. The number of imidazole rings is 1. The standard InChI is InChI=1S/C33H27N4O.C13H12N.Ir/c1-19(2)21-12-9-13-22(20(3)4)29(21)37-32(36-31-33(37)35-27-17-7-6-16-26(27)34-31)25-15-10-14-24-23-11-5-8-18-28(23)38-30(24)25;1-10-3-6-12(7-4-10)13-8-5-11(2)9-14-13;/h5-14,16-20H,1-4H3;3-6,8-9H,1-2H3;/q2*-1;/i;1D3,2D3;. The number of fused-ring (bicyclic) bond motifs is 5. The molecule has 7 heteroatoms. The summed E-state index contributed by atoms with van der Waals surface area (Å²) in [5.74, 6) is 1.33. The van der Waals surface area contributed by atoms with Crippen molar-refractivity contribution in [2.75, 3.05) is 0 Å². The molecule has 6 nitrogen and oxygen atoms in total. The van der Waals surface area contributed by atoms with Crippen LogP contribution >= 0.6 is 0 Å². The smallest absolute Gasteiger partial charge is 0.188 e. The van der Waals surface area contributed by atoms with Gasteiger partial charge in [0.05, 0.1) is 22.4 Å². The third-order valence-corrected chi connectivity index (χ3v) is 9.15. The summed E-state index contributed by atoms with van der Waals surface area (Å²) in [6.45, 7) is 4.58. The predicted molar refractivity (Wildman–Crippen MR) is 212 cm³/mol. The van der Waals surface area contributed by atoms with Gasteiger partial charge in [0, 0.05) is 45.6 Å². The Labute approximate surface area is 331 Å². The number of aromatic nitrogens is 5. The van der Waals surface area contributed by atoms with Gasteiger partial charge in [-0.05, 0) is 59.3 Å². The van der Waals surface area contributed by atoms with Crippen molar-refractivity contribution >= 4 is 44.3 Å². The van der Waals surface area contributed by atoms with E-state index in [4.69, 9.17) is 27.6 Å². The van der Waals surface area contributed by atoms with E-state index in [1.807, 2.05) is 48.5 Å². The number of hydrogen-bond acceptors (Lipinski definition) is 5. The number of rotatable bonds is 5. The Morgan fingerprint density at radius 1 is 0.698 bits per heavy atom. The van der Waals surface area contributed by atoms with E-state index in [1.165, 1.54) is 35.5 Å². The molecule has 0 amide bonds. The molecule has 0 unspecified atom stereocenters. The topological polar surface area (TPSA) is 69.6 Å². The van der Waals surface area contributed by atoms with Crippen molar-refractivity contribution in [1.82, 2.24) is 24.5 Å². The number of furan rings is 1. The maximum atomic E-state index is 7.28. The summed E-state index contributed by atoms with van der Waals surface area (Å²) >= 11 is 0. The average molecular weight is 876 g/mol. The number of benzene rings is 5. The normalized spacial score (nSPS) is 13.5. The van der Waals surface area contributed by atoms with Gasteiger partial charge in [0.2, 0.25) is 0 Å². The van der Waals surface area contributed by atoms with Crippen LogP contribution in [0.3, 0.4) is 0 Å². The largest absolute Gasteiger partial charge is 0.501 e. The summed E-state index contributed by atoms with van der Waals surface area (Å²) < 4.78 is 52.3. The molecule has 0 aliphatic rings. The third-order valence-electron chi connectivity index (χ3n) is 9.15. The Balaban J connectivity index is 0.000000214.